The Morgan fingerprint density at radius 1 is 1.40 bits per heavy atom. The first-order valence-electron chi connectivity index (χ1n) is 6.26. The van der Waals surface area contributed by atoms with Gasteiger partial charge < -0.3 is 4.74 Å². The Hall–Kier alpha value is -1.60. The summed E-state index contributed by atoms with van der Waals surface area (Å²) in [5, 5.41) is 0. The van der Waals surface area contributed by atoms with Gasteiger partial charge in [0.25, 0.3) is 0 Å². The van der Waals surface area contributed by atoms with Gasteiger partial charge in [-0.25, -0.2) is 5.43 Å². The van der Waals surface area contributed by atoms with Crippen molar-refractivity contribution in [3.63, 3.8) is 0 Å². The number of carbonyl (C=O) groups excluding carboxylic acids is 1. The zero-order valence-electron chi connectivity index (χ0n) is 10.8. The van der Waals surface area contributed by atoms with Crippen molar-refractivity contribution in [1.82, 2.24) is 10.9 Å². The Morgan fingerprint density at radius 2 is 2.10 bits per heavy atom. The van der Waals surface area contributed by atoms with E-state index >= 15 is 0 Å². The van der Waals surface area contributed by atoms with E-state index in [0.29, 0.717) is 0 Å². The third-order valence-corrected chi connectivity index (χ3v) is 3.17. The molecule has 7 heteroatoms. The molecule has 0 saturated carbocycles. The molecule has 0 aliphatic carbocycles. The standard InChI is InChI=1S/C13H15F3N2O2/c1-2-20-12(19)9-7-17-18-11(9)8-5-3-4-6-10(8)13(14,15)16/h3-6,9,11,17-18H,2,7H2,1H3. The monoisotopic (exact) mass is 288 g/mol. The van der Waals surface area contributed by atoms with Crippen molar-refractivity contribution < 1.29 is 22.7 Å². The van der Waals surface area contributed by atoms with Gasteiger partial charge >= 0.3 is 12.1 Å². The van der Waals surface area contributed by atoms with Crippen LogP contribution in [-0.2, 0) is 15.7 Å². The smallest absolute Gasteiger partial charge is 0.416 e. The first kappa shape index (κ1) is 14.8. The molecule has 0 radical (unpaired) electrons. The van der Waals surface area contributed by atoms with Crippen LogP contribution in [0.25, 0.3) is 0 Å². The van der Waals surface area contributed by atoms with Crippen LogP contribution in [0.2, 0.25) is 0 Å². The van der Waals surface area contributed by atoms with Crippen LogP contribution in [0.4, 0.5) is 13.2 Å². The minimum Gasteiger partial charge on any atom is -0.466 e. The number of carbonyl (C=O) groups is 1. The minimum atomic E-state index is -4.46. The molecule has 0 bridgehead atoms. The van der Waals surface area contributed by atoms with Crippen molar-refractivity contribution in [1.29, 1.82) is 0 Å². The number of halogens is 3. The van der Waals surface area contributed by atoms with E-state index in [1.54, 1.807) is 6.92 Å². The largest absolute Gasteiger partial charge is 0.466 e. The number of ether oxygens (including phenoxy) is 1. The normalized spacial score (nSPS) is 22.8. The highest BCUT2D eigenvalue weighted by molar-refractivity contribution is 5.74. The van der Waals surface area contributed by atoms with Gasteiger partial charge in [-0.15, -0.1) is 0 Å². The molecule has 1 heterocycles. The maximum Gasteiger partial charge on any atom is 0.416 e. The molecule has 20 heavy (non-hydrogen) atoms. The predicted molar refractivity (Wildman–Crippen MR) is 65.4 cm³/mol. The van der Waals surface area contributed by atoms with Crippen molar-refractivity contribution in [3.8, 4) is 0 Å². The summed E-state index contributed by atoms with van der Waals surface area (Å²) in [5.74, 6) is -1.19. The van der Waals surface area contributed by atoms with Crippen LogP contribution in [0, 0.1) is 5.92 Å². The number of esters is 1. The van der Waals surface area contributed by atoms with E-state index in [1.807, 2.05) is 0 Å². The number of hydrogen-bond acceptors (Lipinski definition) is 4. The first-order chi connectivity index (χ1) is 9.45. The van der Waals surface area contributed by atoms with Gasteiger partial charge in [0, 0.05) is 6.54 Å². The number of hydrogen-bond donors (Lipinski definition) is 2. The Balaban J connectivity index is 2.33. The van der Waals surface area contributed by atoms with E-state index in [0.717, 1.165) is 6.07 Å². The highest BCUT2D eigenvalue weighted by atomic mass is 19.4. The van der Waals surface area contributed by atoms with Crippen LogP contribution >= 0.6 is 0 Å². The van der Waals surface area contributed by atoms with Crippen LogP contribution in [0.15, 0.2) is 24.3 Å². The molecule has 2 atom stereocenters. The van der Waals surface area contributed by atoms with Gasteiger partial charge in [-0.05, 0) is 18.6 Å². The quantitative estimate of drug-likeness (QED) is 0.836. The summed E-state index contributed by atoms with van der Waals surface area (Å²) in [7, 11) is 0. The lowest BCUT2D eigenvalue weighted by Crippen LogP contribution is -2.29. The van der Waals surface area contributed by atoms with Crippen LogP contribution in [-0.4, -0.2) is 19.1 Å². The van der Waals surface area contributed by atoms with Gasteiger partial charge in [-0.3, -0.25) is 10.2 Å². The van der Waals surface area contributed by atoms with Gasteiger partial charge in [-0.1, -0.05) is 18.2 Å². The molecule has 1 aromatic carbocycles. The molecule has 2 N–H and O–H groups in total. The maximum atomic E-state index is 13.0. The van der Waals surface area contributed by atoms with E-state index in [9.17, 15) is 18.0 Å². The van der Waals surface area contributed by atoms with Gasteiger partial charge in [0.05, 0.1) is 24.1 Å². The molecule has 0 spiro atoms. The second-order valence-corrected chi connectivity index (χ2v) is 4.45. The molecule has 110 valence electrons. The Morgan fingerprint density at radius 3 is 2.75 bits per heavy atom. The van der Waals surface area contributed by atoms with Crippen molar-refractivity contribution in [2.75, 3.05) is 13.2 Å². The fourth-order valence-electron chi connectivity index (χ4n) is 2.29. The second-order valence-electron chi connectivity index (χ2n) is 4.45. The minimum absolute atomic E-state index is 0.0445. The molecule has 4 nitrogen and oxygen atoms in total. The summed E-state index contributed by atoms with van der Waals surface area (Å²) in [6.45, 7) is 2.09. The molecule has 0 aromatic heterocycles. The van der Waals surface area contributed by atoms with E-state index in [1.165, 1.54) is 18.2 Å². The van der Waals surface area contributed by atoms with Crippen LogP contribution < -0.4 is 10.9 Å². The SMILES string of the molecule is CCOC(=O)C1CNNC1c1ccccc1C(F)(F)F. The lowest BCUT2D eigenvalue weighted by atomic mass is 9.91. The molecular formula is C13H15F3N2O2. The molecular weight excluding hydrogens is 273 g/mol. The van der Waals surface area contributed by atoms with Crippen molar-refractivity contribution >= 4 is 5.97 Å². The number of nitrogens with one attached hydrogen (secondary N) is 2. The molecule has 2 rings (SSSR count). The summed E-state index contributed by atoms with van der Waals surface area (Å²) in [4.78, 5) is 11.8. The topological polar surface area (TPSA) is 50.4 Å². The van der Waals surface area contributed by atoms with Crippen molar-refractivity contribution in [2.24, 2.45) is 5.92 Å². The van der Waals surface area contributed by atoms with Crippen LogP contribution in [0.5, 0.6) is 0 Å². The Kier molecular flexibility index (Phi) is 4.29. The molecule has 0 amide bonds. The summed E-state index contributed by atoms with van der Waals surface area (Å²) < 4.78 is 43.9. The summed E-state index contributed by atoms with van der Waals surface area (Å²) in [6.07, 6.45) is -4.46. The third kappa shape index (κ3) is 2.94. The van der Waals surface area contributed by atoms with Crippen LogP contribution in [0.3, 0.4) is 0 Å². The van der Waals surface area contributed by atoms with E-state index in [2.05, 4.69) is 10.9 Å². The third-order valence-electron chi connectivity index (χ3n) is 3.17. The Labute approximate surface area is 114 Å². The predicted octanol–water partition coefficient (Wildman–Crippen LogP) is 2.03. The number of hydrazine groups is 1. The maximum absolute atomic E-state index is 13.0. The average Bonchev–Trinajstić information content (AvgIpc) is 2.87. The number of rotatable bonds is 3. The average molecular weight is 288 g/mol. The number of alkyl halides is 3. The van der Waals surface area contributed by atoms with Crippen LogP contribution in [0.1, 0.15) is 24.1 Å². The van der Waals surface area contributed by atoms with Crippen molar-refractivity contribution in [3.05, 3.63) is 35.4 Å². The van der Waals surface area contributed by atoms with E-state index < -0.39 is 29.7 Å². The zero-order valence-corrected chi connectivity index (χ0v) is 10.8. The van der Waals surface area contributed by atoms with Gasteiger partial charge in [-0.2, -0.15) is 13.2 Å². The zero-order chi connectivity index (χ0) is 14.8. The Bertz CT molecular complexity index is 491. The fourth-order valence-corrected chi connectivity index (χ4v) is 2.29. The first-order valence-corrected chi connectivity index (χ1v) is 6.26. The van der Waals surface area contributed by atoms with Gasteiger partial charge in [0.2, 0.25) is 0 Å². The van der Waals surface area contributed by atoms with Crippen molar-refractivity contribution in [2.45, 2.75) is 19.1 Å². The summed E-state index contributed by atoms with van der Waals surface area (Å²) in [5.41, 5.74) is 4.75. The molecule has 2 unspecified atom stereocenters. The molecule has 1 saturated heterocycles. The van der Waals surface area contributed by atoms with E-state index in [-0.39, 0.29) is 18.7 Å². The number of benzene rings is 1. The molecule has 1 aliphatic rings. The summed E-state index contributed by atoms with van der Waals surface area (Å²) in [6, 6.07) is 4.48. The van der Waals surface area contributed by atoms with E-state index in [4.69, 9.17) is 4.74 Å². The summed E-state index contributed by atoms with van der Waals surface area (Å²) >= 11 is 0. The highest BCUT2D eigenvalue weighted by Gasteiger charge is 2.41. The highest BCUT2D eigenvalue weighted by Crippen LogP contribution is 2.37. The molecule has 1 aromatic rings. The second kappa shape index (κ2) is 5.80. The molecule has 1 aliphatic heterocycles. The molecule has 1 fully saturated rings. The lowest BCUT2D eigenvalue weighted by molar-refractivity contribution is -0.148. The fraction of sp³-hybridized carbons (Fsp3) is 0.462. The lowest BCUT2D eigenvalue weighted by Gasteiger charge is -2.21. The van der Waals surface area contributed by atoms with Gasteiger partial charge in [0.15, 0.2) is 0 Å². The van der Waals surface area contributed by atoms with Gasteiger partial charge in [0.1, 0.15) is 0 Å².